The van der Waals surface area contributed by atoms with Crippen LogP contribution in [0.2, 0.25) is 0 Å². The lowest BCUT2D eigenvalue weighted by atomic mass is 10.0. The highest BCUT2D eigenvalue weighted by atomic mass is 16.7. The van der Waals surface area contributed by atoms with Crippen molar-refractivity contribution in [1.82, 2.24) is 9.99 Å². The summed E-state index contributed by atoms with van der Waals surface area (Å²) in [5.74, 6) is 5.62. The number of hydrazine groups is 1. The van der Waals surface area contributed by atoms with Gasteiger partial charge in [-0.3, -0.25) is 15.0 Å². The van der Waals surface area contributed by atoms with Gasteiger partial charge in [0.25, 0.3) is 11.8 Å². The van der Waals surface area contributed by atoms with E-state index in [1.165, 1.54) is 0 Å². The first kappa shape index (κ1) is 19.7. The third kappa shape index (κ3) is 3.23. The van der Waals surface area contributed by atoms with Crippen LogP contribution in [0.15, 0.2) is 66.7 Å². The van der Waals surface area contributed by atoms with Crippen LogP contribution in [0.1, 0.15) is 26.3 Å². The number of nitrogens with zero attached hydrogens (tertiary/aromatic N) is 1. The number of carbonyl (C=O) groups is 2. The van der Waals surface area contributed by atoms with Gasteiger partial charge in [-0.15, -0.1) is 0 Å². The fraction of sp³-hybridized carbons (Fsp3) is 0.0833. The number of benzene rings is 3. The van der Waals surface area contributed by atoms with E-state index >= 15 is 0 Å². The molecule has 0 unspecified atom stereocenters. The molecule has 0 aliphatic carbocycles. The van der Waals surface area contributed by atoms with Crippen LogP contribution in [-0.2, 0) is 6.54 Å². The second kappa shape index (κ2) is 7.75. The van der Waals surface area contributed by atoms with Gasteiger partial charge >= 0.3 is 0 Å². The lowest BCUT2D eigenvalue weighted by molar-refractivity contribution is 0.0952. The molecular formula is C24H20N4O4. The third-order valence-electron chi connectivity index (χ3n) is 5.55. The molecule has 0 saturated heterocycles. The van der Waals surface area contributed by atoms with E-state index in [1.54, 1.807) is 12.1 Å². The number of primary amides is 1. The quantitative estimate of drug-likeness (QED) is 0.256. The molecule has 2 amide bonds. The van der Waals surface area contributed by atoms with Gasteiger partial charge < -0.3 is 19.8 Å². The standard InChI is InChI=1S/C24H20N4O4/c25-23(29)21-17-3-1-2-4-18(17)28(12-14-5-7-15(8-6-14)24(30)27-26)22(21)16-9-10-19-20(11-16)32-13-31-19/h1-11H,12-13,26H2,(H2,25,29)(H,27,30). The van der Waals surface area contributed by atoms with Crippen molar-refractivity contribution in [1.29, 1.82) is 0 Å². The van der Waals surface area contributed by atoms with E-state index in [0.29, 0.717) is 34.9 Å². The lowest BCUT2D eigenvalue weighted by Gasteiger charge is -2.13. The molecule has 1 aliphatic heterocycles. The fourth-order valence-electron chi connectivity index (χ4n) is 4.09. The first-order valence-corrected chi connectivity index (χ1v) is 9.97. The number of hydrogen-bond acceptors (Lipinski definition) is 5. The highest BCUT2D eigenvalue weighted by molar-refractivity contribution is 6.12. The first-order valence-electron chi connectivity index (χ1n) is 9.97. The number of para-hydroxylation sites is 1. The Kier molecular flexibility index (Phi) is 4.76. The summed E-state index contributed by atoms with van der Waals surface area (Å²) >= 11 is 0. The number of fused-ring (bicyclic) bond motifs is 2. The summed E-state index contributed by atoms with van der Waals surface area (Å²) in [5.41, 5.74) is 12.2. The van der Waals surface area contributed by atoms with Gasteiger partial charge in [-0.05, 0) is 42.0 Å². The van der Waals surface area contributed by atoms with Gasteiger partial charge in [-0.1, -0.05) is 30.3 Å². The number of amides is 2. The molecule has 2 heterocycles. The molecule has 160 valence electrons. The number of hydrogen-bond donors (Lipinski definition) is 3. The van der Waals surface area contributed by atoms with Crippen molar-refractivity contribution in [2.75, 3.05) is 6.79 Å². The van der Waals surface area contributed by atoms with E-state index in [-0.39, 0.29) is 12.7 Å². The lowest BCUT2D eigenvalue weighted by Crippen LogP contribution is -2.29. The molecule has 3 aromatic carbocycles. The summed E-state index contributed by atoms with van der Waals surface area (Å²) in [7, 11) is 0. The van der Waals surface area contributed by atoms with Crippen LogP contribution in [0.3, 0.4) is 0 Å². The summed E-state index contributed by atoms with van der Waals surface area (Å²) in [4.78, 5) is 24.3. The van der Waals surface area contributed by atoms with E-state index in [1.807, 2.05) is 59.2 Å². The molecule has 8 nitrogen and oxygen atoms in total. The molecule has 5 rings (SSSR count). The Morgan fingerprint density at radius 2 is 1.72 bits per heavy atom. The van der Waals surface area contributed by atoms with E-state index in [9.17, 15) is 9.59 Å². The average molecular weight is 428 g/mol. The summed E-state index contributed by atoms with van der Waals surface area (Å²) in [5, 5.41) is 0.770. The minimum atomic E-state index is -0.511. The van der Waals surface area contributed by atoms with Crippen LogP contribution in [0.5, 0.6) is 11.5 Å². The molecule has 32 heavy (non-hydrogen) atoms. The second-order valence-electron chi connectivity index (χ2n) is 7.43. The average Bonchev–Trinajstić information content (AvgIpc) is 3.41. The highest BCUT2D eigenvalue weighted by Gasteiger charge is 2.24. The summed E-state index contributed by atoms with van der Waals surface area (Å²) < 4.78 is 13.0. The maximum absolute atomic E-state index is 12.6. The van der Waals surface area contributed by atoms with Crippen molar-refractivity contribution >= 4 is 22.7 Å². The zero-order valence-corrected chi connectivity index (χ0v) is 17.0. The summed E-state index contributed by atoms with van der Waals surface area (Å²) in [6, 6.07) is 20.3. The molecule has 1 aromatic heterocycles. The first-order chi connectivity index (χ1) is 15.6. The molecule has 0 spiro atoms. The van der Waals surface area contributed by atoms with Crippen molar-refractivity contribution in [3.8, 4) is 22.8 Å². The SMILES string of the molecule is NNC(=O)c1ccc(Cn2c(-c3ccc4c(c3)OCO4)c(C(N)=O)c3ccccc32)cc1. The normalized spacial score (nSPS) is 12.2. The Morgan fingerprint density at radius 3 is 2.47 bits per heavy atom. The molecule has 5 N–H and O–H groups in total. The number of nitrogens with one attached hydrogen (secondary N) is 1. The minimum absolute atomic E-state index is 0.160. The number of carbonyl (C=O) groups excluding carboxylic acids is 2. The molecule has 0 fully saturated rings. The van der Waals surface area contributed by atoms with Crippen LogP contribution in [0.25, 0.3) is 22.2 Å². The number of rotatable bonds is 5. The largest absolute Gasteiger partial charge is 0.454 e. The van der Waals surface area contributed by atoms with Gasteiger partial charge in [-0.2, -0.15) is 0 Å². The van der Waals surface area contributed by atoms with Gasteiger partial charge in [0.1, 0.15) is 0 Å². The van der Waals surface area contributed by atoms with Crippen LogP contribution in [-0.4, -0.2) is 23.2 Å². The number of ether oxygens (including phenoxy) is 2. The van der Waals surface area contributed by atoms with E-state index < -0.39 is 5.91 Å². The summed E-state index contributed by atoms with van der Waals surface area (Å²) in [6.45, 7) is 0.620. The van der Waals surface area contributed by atoms with Crippen molar-refractivity contribution in [2.45, 2.75) is 6.54 Å². The van der Waals surface area contributed by atoms with E-state index in [4.69, 9.17) is 21.1 Å². The number of nitrogen functional groups attached to an aromatic ring is 1. The zero-order valence-electron chi connectivity index (χ0n) is 17.0. The molecule has 8 heteroatoms. The van der Waals surface area contributed by atoms with Crippen molar-refractivity contribution in [3.63, 3.8) is 0 Å². The maximum Gasteiger partial charge on any atom is 0.265 e. The van der Waals surface area contributed by atoms with E-state index in [2.05, 4.69) is 5.43 Å². The smallest absolute Gasteiger partial charge is 0.265 e. The van der Waals surface area contributed by atoms with Gasteiger partial charge in [0, 0.05) is 28.6 Å². The van der Waals surface area contributed by atoms with Crippen LogP contribution < -0.4 is 26.5 Å². The van der Waals surface area contributed by atoms with Gasteiger partial charge in [0.15, 0.2) is 11.5 Å². The maximum atomic E-state index is 12.6. The molecule has 1 aliphatic rings. The Bertz CT molecular complexity index is 1360. The summed E-state index contributed by atoms with van der Waals surface area (Å²) in [6.07, 6.45) is 0. The molecule has 0 saturated carbocycles. The fourth-order valence-corrected chi connectivity index (χ4v) is 4.09. The van der Waals surface area contributed by atoms with E-state index in [0.717, 1.165) is 22.0 Å². The van der Waals surface area contributed by atoms with Gasteiger partial charge in [0.05, 0.1) is 11.3 Å². The molecule has 0 bridgehead atoms. The second-order valence-corrected chi connectivity index (χ2v) is 7.43. The topological polar surface area (TPSA) is 122 Å². The third-order valence-corrected chi connectivity index (χ3v) is 5.55. The number of aromatic nitrogens is 1. The van der Waals surface area contributed by atoms with Crippen LogP contribution in [0.4, 0.5) is 0 Å². The Morgan fingerprint density at radius 1 is 0.969 bits per heavy atom. The zero-order chi connectivity index (χ0) is 22.2. The van der Waals surface area contributed by atoms with Crippen molar-refractivity contribution in [2.24, 2.45) is 11.6 Å². The van der Waals surface area contributed by atoms with Crippen LogP contribution in [0, 0.1) is 0 Å². The molecule has 0 atom stereocenters. The van der Waals surface area contributed by atoms with Crippen molar-refractivity contribution in [3.05, 3.63) is 83.4 Å². The monoisotopic (exact) mass is 428 g/mol. The predicted molar refractivity (Wildman–Crippen MR) is 119 cm³/mol. The number of nitrogens with two attached hydrogens (primary N) is 2. The molecule has 4 aromatic rings. The Labute approximate surface area is 183 Å². The Hall–Kier alpha value is -4.30. The molecule has 0 radical (unpaired) electrons. The molecular weight excluding hydrogens is 408 g/mol. The van der Waals surface area contributed by atoms with Crippen LogP contribution >= 0.6 is 0 Å². The minimum Gasteiger partial charge on any atom is -0.454 e. The highest BCUT2D eigenvalue weighted by Crippen LogP contribution is 2.40. The Balaban J connectivity index is 1.68. The predicted octanol–water partition coefficient (Wildman–Crippen LogP) is 2.79. The van der Waals surface area contributed by atoms with Gasteiger partial charge in [0.2, 0.25) is 6.79 Å². The van der Waals surface area contributed by atoms with Crippen molar-refractivity contribution < 1.29 is 19.1 Å². The van der Waals surface area contributed by atoms with Gasteiger partial charge in [-0.25, -0.2) is 5.84 Å².